The zero-order valence-corrected chi connectivity index (χ0v) is 25.5. The fraction of sp³-hybridized carbons (Fsp3) is 0.625. The van der Waals surface area contributed by atoms with Crippen LogP contribution in [0, 0.1) is 13.8 Å². The first kappa shape index (κ1) is 30.2. The van der Waals surface area contributed by atoms with Crippen molar-refractivity contribution in [2.24, 2.45) is 0 Å². The molecule has 0 aliphatic heterocycles. The van der Waals surface area contributed by atoms with E-state index in [-0.39, 0.29) is 21.9 Å². The van der Waals surface area contributed by atoms with Crippen LogP contribution < -0.4 is 0 Å². The van der Waals surface area contributed by atoms with Crippen molar-refractivity contribution in [1.82, 2.24) is 9.80 Å². The van der Waals surface area contributed by atoms with E-state index in [0.717, 1.165) is 22.3 Å². The van der Waals surface area contributed by atoms with Gasteiger partial charge in [-0.1, -0.05) is 76.9 Å². The highest BCUT2D eigenvalue weighted by molar-refractivity contribution is 5.48. The Morgan fingerprint density at radius 3 is 1.08 bits per heavy atom. The molecule has 2 aromatic carbocycles. The third-order valence-electron chi connectivity index (χ3n) is 8.50. The molecule has 0 bridgehead atoms. The number of phenols is 2. The zero-order valence-electron chi connectivity index (χ0n) is 25.5. The van der Waals surface area contributed by atoms with E-state index >= 15 is 0 Å². The first-order valence-corrected chi connectivity index (χ1v) is 13.2. The molecular formula is C32H52N2O2. The summed E-state index contributed by atoms with van der Waals surface area (Å²) in [5, 5.41) is 22.3. The number of benzene rings is 2. The predicted molar refractivity (Wildman–Crippen MR) is 154 cm³/mol. The topological polar surface area (TPSA) is 46.9 Å². The molecule has 0 heterocycles. The maximum Gasteiger partial charge on any atom is 0.123 e. The second kappa shape index (κ2) is 10.0. The standard InChI is InChI=1S/C32H52N2O2/c1-21-15-23(27(35)25(17-21)29(3,4)5)19-33(13)31(9,10)32(11,12)34(14)20-24-16-22(2)18-26(28(24)36)30(6,7)8/h15-18,35-36H,19-20H2,1-14H3. The summed E-state index contributed by atoms with van der Waals surface area (Å²) >= 11 is 0. The van der Waals surface area contributed by atoms with Crippen LogP contribution in [0.2, 0.25) is 0 Å². The van der Waals surface area contributed by atoms with Crippen LogP contribution in [0.25, 0.3) is 0 Å². The van der Waals surface area contributed by atoms with Crippen LogP contribution in [0.1, 0.15) is 103 Å². The average molecular weight is 497 g/mol. The molecule has 4 nitrogen and oxygen atoms in total. The number of likely N-dealkylation sites (N-methyl/N-ethyl adjacent to an activating group) is 2. The third-order valence-corrected chi connectivity index (χ3v) is 8.50. The summed E-state index contributed by atoms with van der Waals surface area (Å²) in [6.07, 6.45) is 0. The van der Waals surface area contributed by atoms with Crippen molar-refractivity contribution in [2.75, 3.05) is 14.1 Å². The Balaban J connectivity index is 2.38. The maximum absolute atomic E-state index is 11.2. The molecule has 2 N–H and O–H groups in total. The molecule has 0 aliphatic carbocycles. The van der Waals surface area contributed by atoms with Gasteiger partial charge in [0.2, 0.25) is 0 Å². The number of aryl methyl sites for hydroxylation is 2. The van der Waals surface area contributed by atoms with Crippen molar-refractivity contribution >= 4 is 0 Å². The van der Waals surface area contributed by atoms with E-state index in [9.17, 15) is 10.2 Å². The summed E-state index contributed by atoms with van der Waals surface area (Å²) in [4.78, 5) is 4.67. The number of rotatable bonds is 7. The van der Waals surface area contributed by atoms with E-state index in [0.29, 0.717) is 24.6 Å². The summed E-state index contributed by atoms with van der Waals surface area (Å²) in [6, 6.07) is 8.41. The Morgan fingerprint density at radius 2 is 0.833 bits per heavy atom. The van der Waals surface area contributed by atoms with E-state index in [1.54, 1.807) is 0 Å². The molecule has 202 valence electrons. The monoisotopic (exact) mass is 496 g/mol. The van der Waals surface area contributed by atoms with Crippen molar-refractivity contribution in [2.45, 2.75) is 118 Å². The second-order valence-corrected chi connectivity index (χ2v) is 14.0. The Labute approximate surface area is 221 Å². The Hall–Kier alpha value is -2.04. The average Bonchev–Trinajstić information content (AvgIpc) is 2.70. The highest BCUT2D eigenvalue weighted by Crippen LogP contribution is 2.40. The molecule has 0 unspecified atom stereocenters. The van der Waals surface area contributed by atoms with Gasteiger partial charge >= 0.3 is 0 Å². The minimum absolute atomic E-state index is 0.125. The molecule has 0 amide bonds. The van der Waals surface area contributed by atoms with Gasteiger partial charge in [0.25, 0.3) is 0 Å². The Kier molecular flexibility index (Phi) is 8.40. The van der Waals surface area contributed by atoms with Crippen molar-refractivity contribution in [3.63, 3.8) is 0 Å². The molecule has 0 fully saturated rings. The van der Waals surface area contributed by atoms with Crippen LogP contribution in [-0.4, -0.2) is 45.2 Å². The van der Waals surface area contributed by atoms with E-state index in [1.807, 2.05) is 0 Å². The van der Waals surface area contributed by atoms with Crippen LogP contribution in [0.15, 0.2) is 24.3 Å². The number of phenolic OH excluding ortho intramolecular Hbond substituents is 2. The fourth-order valence-electron chi connectivity index (χ4n) is 4.93. The maximum atomic E-state index is 11.2. The van der Waals surface area contributed by atoms with Gasteiger partial charge in [-0.3, -0.25) is 9.80 Å². The van der Waals surface area contributed by atoms with Gasteiger partial charge < -0.3 is 10.2 Å². The summed E-state index contributed by atoms with van der Waals surface area (Å²) in [5.74, 6) is 0.808. The number of aromatic hydroxyl groups is 2. The molecule has 0 aromatic heterocycles. The summed E-state index contributed by atoms with van der Waals surface area (Å²) in [6.45, 7) is 27.4. The van der Waals surface area contributed by atoms with Crippen LogP contribution in [-0.2, 0) is 23.9 Å². The molecular weight excluding hydrogens is 444 g/mol. The quantitative estimate of drug-likeness (QED) is 0.418. The molecule has 0 saturated carbocycles. The highest BCUT2D eigenvalue weighted by Gasteiger charge is 2.43. The van der Waals surface area contributed by atoms with Crippen LogP contribution in [0.4, 0.5) is 0 Å². The highest BCUT2D eigenvalue weighted by atomic mass is 16.3. The summed E-state index contributed by atoms with van der Waals surface area (Å²) < 4.78 is 0. The lowest BCUT2D eigenvalue weighted by Gasteiger charge is -2.52. The first-order chi connectivity index (χ1) is 16.1. The van der Waals surface area contributed by atoms with Gasteiger partial charge in [-0.05, 0) is 77.6 Å². The van der Waals surface area contributed by atoms with Gasteiger partial charge in [0.15, 0.2) is 0 Å². The fourth-order valence-corrected chi connectivity index (χ4v) is 4.93. The van der Waals surface area contributed by atoms with Gasteiger partial charge in [0, 0.05) is 35.3 Å². The lowest BCUT2D eigenvalue weighted by atomic mass is 9.78. The van der Waals surface area contributed by atoms with Crippen molar-refractivity contribution in [3.05, 3.63) is 57.6 Å². The number of hydrogen-bond acceptors (Lipinski definition) is 4. The van der Waals surface area contributed by atoms with Crippen LogP contribution >= 0.6 is 0 Å². The third kappa shape index (κ3) is 6.08. The van der Waals surface area contributed by atoms with Gasteiger partial charge in [-0.15, -0.1) is 0 Å². The Bertz CT molecular complexity index is 997. The molecule has 0 spiro atoms. The van der Waals surface area contributed by atoms with E-state index in [2.05, 4.69) is 131 Å². The lowest BCUT2D eigenvalue weighted by Crippen LogP contribution is -2.63. The van der Waals surface area contributed by atoms with Crippen molar-refractivity contribution in [3.8, 4) is 11.5 Å². The molecule has 0 atom stereocenters. The minimum atomic E-state index is -0.244. The SMILES string of the molecule is Cc1cc(CN(C)C(C)(C)C(C)(C)N(C)Cc2cc(C)cc(C(C)(C)C)c2O)c(O)c(C(C)(C)C)c1. The van der Waals surface area contributed by atoms with E-state index in [1.165, 1.54) is 11.1 Å². The number of hydrogen-bond donors (Lipinski definition) is 2. The Morgan fingerprint density at radius 1 is 0.556 bits per heavy atom. The van der Waals surface area contributed by atoms with Gasteiger partial charge in [0.1, 0.15) is 11.5 Å². The molecule has 36 heavy (non-hydrogen) atoms. The second-order valence-electron chi connectivity index (χ2n) is 14.0. The van der Waals surface area contributed by atoms with Crippen LogP contribution in [0.3, 0.4) is 0 Å². The smallest absolute Gasteiger partial charge is 0.123 e. The van der Waals surface area contributed by atoms with Gasteiger partial charge in [0.05, 0.1) is 0 Å². The minimum Gasteiger partial charge on any atom is -0.507 e. The number of nitrogens with zero attached hydrogens (tertiary/aromatic N) is 2. The lowest BCUT2D eigenvalue weighted by molar-refractivity contribution is -0.0201. The molecule has 2 aromatic rings. The predicted octanol–water partition coefficient (Wildman–Crippen LogP) is 7.43. The largest absolute Gasteiger partial charge is 0.507 e. The van der Waals surface area contributed by atoms with Gasteiger partial charge in [-0.25, -0.2) is 0 Å². The first-order valence-electron chi connectivity index (χ1n) is 13.2. The molecule has 0 saturated heterocycles. The van der Waals surface area contributed by atoms with Crippen LogP contribution in [0.5, 0.6) is 11.5 Å². The molecule has 0 aliphatic rings. The summed E-state index contributed by atoms with van der Waals surface area (Å²) in [5.41, 5.74) is 5.49. The normalized spacial score (nSPS) is 13.7. The van der Waals surface area contributed by atoms with E-state index in [4.69, 9.17) is 0 Å². The molecule has 0 radical (unpaired) electrons. The zero-order chi connectivity index (χ0) is 28.0. The van der Waals surface area contributed by atoms with Gasteiger partial charge in [-0.2, -0.15) is 0 Å². The molecule has 2 rings (SSSR count). The summed E-state index contributed by atoms with van der Waals surface area (Å²) in [7, 11) is 4.27. The van der Waals surface area contributed by atoms with Crippen molar-refractivity contribution in [1.29, 1.82) is 0 Å². The van der Waals surface area contributed by atoms with Crippen molar-refractivity contribution < 1.29 is 10.2 Å². The molecule has 4 heteroatoms. The van der Waals surface area contributed by atoms with E-state index < -0.39 is 0 Å².